The molecule has 1 rings (SSSR count). The summed E-state index contributed by atoms with van der Waals surface area (Å²) in [6.07, 6.45) is 0. The van der Waals surface area contributed by atoms with Gasteiger partial charge in [-0.1, -0.05) is 0 Å². The lowest BCUT2D eigenvalue weighted by molar-refractivity contribution is 0.0656. The summed E-state index contributed by atoms with van der Waals surface area (Å²) >= 11 is 0. The Labute approximate surface area is 86.4 Å². The van der Waals surface area contributed by atoms with E-state index >= 15 is 0 Å². The van der Waals surface area contributed by atoms with Crippen LogP contribution in [0.15, 0.2) is 21.6 Å². The number of carboxylic acids is 1. The first-order chi connectivity index (χ1) is 6.97. The number of hydrogen-bond donors (Lipinski definition) is 1. The van der Waals surface area contributed by atoms with Crippen molar-refractivity contribution in [3.63, 3.8) is 0 Å². The Balaban J connectivity index is 2.91. The maximum Gasteiger partial charge on any atom is 0.371 e. The Morgan fingerprint density at radius 3 is 2.67 bits per heavy atom. The number of ether oxygens (including phenoxy) is 1. The molecule has 1 aromatic rings. The molecule has 84 valence electrons. The van der Waals surface area contributed by atoms with Crippen molar-refractivity contribution in [3.05, 3.63) is 17.9 Å². The van der Waals surface area contributed by atoms with Crippen molar-refractivity contribution >= 4 is 15.8 Å². The molecule has 0 atom stereocenters. The molecule has 0 aliphatic rings. The monoisotopic (exact) mass is 234 g/mol. The highest BCUT2D eigenvalue weighted by atomic mass is 32.2. The van der Waals surface area contributed by atoms with Crippen molar-refractivity contribution in [1.82, 2.24) is 0 Å². The second-order valence-electron chi connectivity index (χ2n) is 2.74. The molecule has 0 saturated carbocycles. The number of sulfone groups is 1. The maximum atomic E-state index is 11.5. The topological polar surface area (TPSA) is 93.8 Å². The molecule has 6 nitrogen and oxygen atoms in total. The SMILES string of the molecule is COCCS(=O)(=O)c1ccc(C(=O)O)o1. The van der Waals surface area contributed by atoms with Crippen molar-refractivity contribution in [3.8, 4) is 0 Å². The van der Waals surface area contributed by atoms with Crippen LogP contribution in [0, 0.1) is 0 Å². The van der Waals surface area contributed by atoms with Gasteiger partial charge in [0.25, 0.3) is 0 Å². The molecule has 0 spiro atoms. The predicted octanol–water partition coefficient (Wildman–Crippen LogP) is 0.398. The molecule has 7 heteroatoms. The molecular weight excluding hydrogens is 224 g/mol. The van der Waals surface area contributed by atoms with Crippen LogP contribution in [0.5, 0.6) is 0 Å². The molecule has 0 saturated heterocycles. The molecule has 0 bridgehead atoms. The van der Waals surface area contributed by atoms with Crippen LogP contribution in [0.2, 0.25) is 0 Å². The minimum absolute atomic E-state index is 0.0332. The van der Waals surface area contributed by atoms with Crippen LogP contribution in [0.1, 0.15) is 10.6 Å². The normalized spacial score (nSPS) is 11.5. The molecule has 0 radical (unpaired) electrons. The van der Waals surface area contributed by atoms with E-state index in [1.54, 1.807) is 0 Å². The summed E-state index contributed by atoms with van der Waals surface area (Å²) < 4.78 is 32.2. The average Bonchev–Trinajstić information content (AvgIpc) is 2.64. The molecule has 0 fully saturated rings. The highest BCUT2D eigenvalue weighted by Gasteiger charge is 2.20. The van der Waals surface area contributed by atoms with Gasteiger partial charge in [0, 0.05) is 7.11 Å². The Hall–Kier alpha value is -1.34. The van der Waals surface area contributed by atoms with E-state index in [4.69, 9.17) is 5.11 Å². The van der Waals surface area contributed by atoms with E-state index in [1.165, 1.54) is 7.11 Å². The number of aromatic carboxylic acids is 1. The van der Waals surface area contributed by atoms with Crippen molar-refractivity contribution in [2.24, 2.45) is 0 Å². The van der Waals surface area contributed by atoms with Gasteiger partial charge in [0.15, 0.2) is 0 Å². The molecule has 0 aliphatic carbocycles. The molecular formula is C8H10O6S. The zero-order valence-corrected chi connectivity index (χ0v) is 8.78. The molecule has 0 aromatic carbocycles. The van der Waals surface area contributed by atoms with Gasteiger partial charge in [0.1, 0.15) is 0 Å². The summed E-state index contributed by atoms with van der Waals surface area (Å²) in [5.74, 6) is -1.94. The van der Waals surface area contributed by atoms with Crippen LogP contribution in [0.4, 0.5) is 0 Å². The second-order valence-corrected chi connectivity index (χ2v) is 4.78. The van der Waals surface area contributed by atoms with Gasteiger partial charge in [-0.25, -0.2) is 13.2 Å². The summed E-state index contributed by atoms with van der Waals surface area (Å²) in [6.45, 7) is 0.0332. The molecule has 0 amide bonds. The molecule has 1 N–H and O–H groups in total. The zero-order valence-electron chi connectivity index (χ0n) is 7.97. The molecule has 1 heterocycles. The highest BCUT2D eigenvalue weighted by Crippen LogP contribution is 2.15. The van der Waals surface area contributed by atoms with Crippen LogP contribution in [0.3, 0.4) is 0 Å². The lowest BCUT2D eigenvalue weighted by atomic mass is 10.5. The summed E-state index contributed by atoms with van der Waals surface area (Å²) in [4.78, 5) is 10.4. The smallest absolute Gasteiger partial charge is 0.371 e. The van der Waals surface area contributed by atoms with E-state index in [0.717, 1.165) is 12.1 Å². The van der Waals surface area contributed by atoms with Crippen molar-refractivity contribution in [2.45, 2.75) is 5.09 Å². The minimum atomic E-state index is -3.59. The van der Waals surface area contributed by atoms with Gasteiger partial charge >= 0.3 is 5.97 Å². The first kappa shape index (κ1) is 11.7. The quantitative estimate of drug-likeness (QED) is 0.792. The van der Waals surface area contributed by atoms with Crippen molar-refractivity contribution in [1.29, 1.82) is 0 Å². The van der Waals surface area contributed by atoms with Gasteiger partial charge in [0.05, 0.1) is 12.4 Å². The fourth-order valence-corrected chi connectivity index (χ4v) is 1.98. The lowest BCUT2D eigenvalue weighted by Crippen LogP contribution is -2.10. The summed E-state index contributed by atoms with van der Waals surface area (Å²) in [5.41, 5.74) is 0. The van der Waals surface area contributed by atoms with E-state index in [-0.39, 0.29) is 17.5 Å². The predicted molar refractivity (Wildman–Crippen MR) is 49.6 cm³/mol. The van der Waals surface area contributed by atoms with E-state index < -0.39 is 21.6 Å². The third kappa shape index (κ3) is 2.80. The van der Waals surface area contributed by atoms with Gasteiger partial charge in [-0.15, -0.1) is 0 Å². The van der Waals surface area contributed by atoms with E-state index in [0.29, 0.717) is 0 Å². The largest absolute Gasteiger partial charge is 0.475 e. The zero-order chi connectivity index (χ0) is 11.5. The fourth-order valence-electron chi connectivity index (χ4n) is 0.896. The van der Waals surface area contributed by atoms with E-state index in [1.807, 2.05) is 0 Å². The number of hydrogen-bond acceptors (Lipinski definition) is 5. The second kappa shape index (κ2) is 4.45. The third-order valence-electron chi connectivity index (χ3n) is 1.65. The molecule has 15 heavy (non-hydrogen) atoms. The highest BCUT2D eigenvalue weighted by molar-refractivity contribution is 7.91. The van der Waals surface area contributed by atoms with Gasteiger partial charge in [-0.05, 0) is 12.1 Å². The Morgan fingerprint density at radius 1 is 1.53 bits per heavy atom. The Morgan fingerprint density at radius 2 is 2.20 bits per heavy atom. The Bertz CT molecular complexity index is 443. The van der Waals surface area contributed by atoms with Crippen LogP contribution in [0.25, 0.3) is 0 Å². The number of rotatable bonds is 5. The third-order valence-corrected chi connectivity index (χ3v) is 3.19. The van der Waals surface area contributed by atoms with Crippen LogP contribution < -0.4 is 0 Å². The van der Waals surface area contributed by atoms with Crippen LogP contribution in [-0.2, 0) is 14.6 Å². The molecule has 0 unspecified atom stereocenters. The maximum absolute atomic E-state index is 11.5. The standard InChI is InChI=1S/C8H10O6S/c1-13-4-5-15(11,12)7-3-2-6(14-7)8(9)10/h2-3H,4-5H2,1H3,(H,9,10). The van der Waals surface area contributed by atoms with Crippen molar-refractivity contribution < 1.29 is 27.5 Å². The first-order valence-electron chi connectivity index (χ1n) is 4.02. The first-order valence-corrected chi connectivity index (χ1v) is 5.67. The summed E-state index contributed by atoms with van der Waals surface area (Å²) in [7, 11) is -2.21. The van der Waals surface area contributed by atoms with E-state index in [2.05, 4.69) is 9.15 Å². The lowest BCUT2D eigenvalue weighted by Gasteiger charge is -1.98. The van der Waals surface area contributed by atoms with E-state index in [9.17, 15) is 13.2 Å². The Kier molecular flexibility index (Phi) is 3.48. The molecule has 0 aliphatic heterocycles. The van der Waals surface area contributed by atoms with Crippen LogP contribution >= 0.6 is 0 Å². The fraction of sp³-hybridized carbons (Fsp3) is 0.375. The number of carboxylic acid groups (broad SMARTS) is 1. The van der Waals surface area contributed by atoms with Gasteiger partial charge < -0.3 is 14.3 Å². The van der Waals surface area contributed by atoms with Gasteiger partial charge in [-0.3, -0.25) is 0 Å². The summed E-state index contributed by atoms with van der Waals surface area (Å²) in [5, 5.41) is 8.18. The van der Waals surface area contributed by atoms with Crippen molar-refractivity contribution in [2.75, 3.05) is 19.5 Å². The number of methoxy groups -OCH3 is 1. The number of furan rings is 1. The summed E-state index contributed by atoms with van der Waals surface area (Å²) in [6, 6.07) is 2.22. The average molecular weight is 234 g/mol. The van der Waals surface area contributed by atoms with Crippen LogP contribution in [-0.4, -0.2) is 39.0 Å². The minimum Gasteiger partial charge on any atom is -0.475 e. The number of carbonyl (C=O) groups is 1. The van der Waals surface area contributed by atoms with Gasteiger partial charge in [0.2, 0.25) is 20.7 Å². The molecule has 1 aromatic heterocycles. The van der Waals surface area contributed by atoms with Gasteiger partial charge in [-0.2, -0.15) is 0 Å².